The number of rotatable bonds is 5. The van der Waals surface area contributed by atoms with Crippen molar-refractivity contribution in [2.24, 2.45) is 0 Å². The zero-order chi connectivity index (χ0) is 15.7. The molecule has 0 bridgehead atoms. The molecule has 0 atom stereocenters. The molecule has 0 saturated carbocycles. The predicted octanol–water partition coefficient (Wildman–Crippen LogP) is 4.92. The summed E-state index contributed by atoms with van der Waals surface area (Å²) in [6, 6.07) is 16.9. The number of fused-ring (bicyclic) bond motifs is 3. The first-order chi connectivity index (χ1) is 10.6. The molecule has 0 spiro atoms. The molecule has 0 heterocycles. The van der Waals surface area contributed by atoms with Gasteiger partial charge in [0.2, 0.25) is 0 Å². The van der Waals surface area contributed by atoms with Crippen molar-refractivity contribution in [1.29, 1.82) is 0 Å². The monoisotopic (exact) mass is 293 g/mol. The van der Waals surface area contributed by atoms with Gasteiger partial charge in [-0.2, -0.15) is 0 Å². The van der Waals surface area contributed by atoms with Crippen LogP contribution in [0.5, 0.6) is 0 Å². The lowest BCUT2D eigenvalue weighted by molar-refractivity contribution is 0.177. The van der Waals surface area contributed by atoms with E-state index in [-0.39, 0.29) is 0 Å². The summed E-state index contributed by atoms with van der Waals surface area (Å²) in [5.41, 5.74) is 7.45. The van der Waals surface area contributed by atoms with E-state index in [1.165, 1.54) is 22.3 Å². The molecule has 2 aromatic carbocycles. The molecule has 116 valence electrons. The van der Waals surface area contributed by atoms with Crippen LogP contribution in [0, 0.1) is 0 Å². The van der Waals surface area contributed by atoms with Gasteiger partial charge < -0.3 is 0 Å². The molecule has 1 aliphatic rings. The summed E-state index contributed by atoms with van der Waals surface area (Å²) in [4.78, 5) is 2.58. The third-order valence-corrected chi connectivity index (χ3v) is 4.91. The van der Waals surface area contributed by atoms with E-state index in [2.05, 4.69) is 75.1 Å². The van der Waals surface area contributed by atoms with Gasteiger partial charge in [-0.3, -0.25) is 4.90 Å². The maximum atomic E-state index is 2.58. The van der Waals surface area contributed by atoms with Crippen LogP contribution < -0.4 is 0 Å². The smallest absolute Gasteiger partial charge is 0.00414 e. The Morgan fingerprint density at radius 1 is 0.864 bits per heavy atom. The van der Waals surface area contributed by atoms with Gasteiger partial charge in [-0.25, -0.2) is 0 Å². The fraction of sp³-hybridized carbons (Fsp3) is 0.429. The molecule has 1 aliphatic carbocycles. The highest BCUT2D eigenvalue weighted by Crippen LogP contribution is 2.38. The topological polar surface area (TPSA) is 3.24 Å². The molecule has 2 aromatic rings. The summed E-state index contributed by atoms with van der Waals surface area (Å²) >= 11 is 0. The van der Waals surface area contributed by atoms with Crippen LogP contribution in [0.25, 0.3) is 11.1 Å². The summed E-state index contributed by atoms with van der Waals surface area (Å²) in [6.45, 7) is 10.3. The lowest BCUT2D eigenvalue weighted by Crippen LogP contribution is -2.38. The lowest BCUT2D eigenvalue weighted by Gasteiger charge is -2.30. The number of nitrogens with zero attached hydrogens (tertiary/aromatic N) is 1. The molecule has 1 nitrogen and oxygen atoms in total. The first-order valence-corrected chi connectivity index (χ1v) is 8.52. The van der Waals surface area contributed by atoms with Crippen molar-refractivity contribution in [2.45, 2.75) is 52.6 Å². The highest BCUT2D eigenvalue weighted by Gasteiger charge is 2.21. The molecule has 0 amide bonds. The van der Waals surface area contributed by atoms with E-state index in [4.69, 9.17) is 0 Å². The Bertz CT molecular complexity index is 647. The fourth-order valence-electron chi connectivity index (χ4n) is 3.82. The summed E-state index contributed by atoms with van der Waals surface area (Å²) in [7, 11) is 0. The molecule has 0 unspecified atom stereocenters. The van der Waals surface area contributed by atoms with Crippen molar-refractivity contribution in [3.05, 3.63) is 59.2 Å². The van der Waals surface area contributed by atoms with Crippen LogP contribution in [0.3, 0.4) is 0 Å². The van der Waals surface area contributed by atoms with Crippen LogP contribution in [-0.4, -0.2) is 23.5 Å². The van der Waals surface area contributed by atoms with Gasteiger partial charge in [0.15, 0.2) is 0 Å². The number of hydrogen-bond donors (Lipinski definition) is 0. The minimum Gasteiger partial charge on any atom is -0.298 e. The largest absolute Gasteiger partial charge is 0.298 e. The van der Waals surface area contributed by atoms with Crippen LogP contribution in [0.4, 0.5) is 0 Å². The highest BCUT2D eigenvalue weighted by molar-refractivity contribution is 5.77. The van der Waals surface area contributed by atoms with E-state index in [1.54, 1.807) is 5.56 Å². The van der Waals surface area contributed by atoms with Gasteiger partial charge in [-0.15, -0.1) is 0 Å². The number of hydrogen-bond acceptors (Lipinski definition) is 1. The van der Waals surface area contributed by atoms with Crippen LogP contribution in [0.1, 0.15) is 44.4 Å². The maximum absolute atomic E-state index is 2.58. The lowest BCUT2D eigenvalue weighted by atomic mass is 9.98. The molecule has 0 aromatic heterocycles. The van der Waals surface area contributed by atoms with Crippen molar-refractivity contribution >= 4 is 0 Å². The normalized spacial score (nSPS) is 13.0. The minimum atomic E-state index is 0.606. The molecule has 0 radical (unpaired) electrons. The summed E-state index contributed by atoms with van der Waals surface area (Å²) in [5.74, 6) is 0. The Hall–Kier alpha value is -1.60. The molecular weight excluding hydrogens is 266 g/mol. The van der Waals surface area contributed by atoms with Gasteiger partial charge >= 0.3 is 0 Å². The van der Waals surface area contributed by atoms with Crippen LogP contribution in [0.15, 0.2) is 42.5 Å². The molecule has 0 N–H and O–H groups in total. The third kappa shape index (κ3) is 2.83. The summed E-state index contributed by atoms with van der Waals surface area (Å²) in [6.07, 6.45) is 2.25. The molecule has 0 saturated heterocycles. The second kappa shape index (κ2) is 6.26. The molecule has 1 heteroatoms. The maximum Gasteiger partial charge on any atom is 0.00414 e. The van der Waals surface area contributed by atoms with Gasteiger partial charge in [0.25, 0.3) is 0 Å². The second-order valence-electron chi connectivity index (χ2n) is 6.95. The van der Waals surface area contributed by atoms with E-state index in [0.29, 0.717) is 12.1 Å². The molecule has 0 aliphatic heterocycles. The summed E-state index contributed by atoms with van der Waals surface area (Å²) < 4.78 is 0. The Labute approximate surface area is 135 Å². The zero-order valence-corrected chi connectivity index (χ0v) is 14.3. The Kier molecular flexibility index (Phi) is 4.35. The standard InChI is InChI=1S/C21H27N/c1-15(2)22(16(3)4)13-12-17-9-7-11-20-19-10-6-5-8-18(19)14-21(17)20/h5-11,15-16H,12-14H2,1-4H3. The second-order valence-corrected chi connectivity index (χ2v) is 6.95. The van der Waals surface area contributed by atoms with E-state index < -0.39 is 0 Å². The summed E-state index contributed by atoms with van der Waals surface area (Å²) in [5, 5.41) is 0. The van der Waals surface area contributed by atoms with Gasteiger partial charge in [-0.05, 0) is 68.4 Å². The quantitative estimate of drug-likeness (QED) is 0.645. The Morgan fingerprint density at radius 2 is 1.55 bits per heavy atom. The number of benzene rings is 2. The molecule has 22 heavy (non-hydrogen) atoms. The Balaban J connectivity index is 1.83. The molecule has 0 fully saturated rings. The third-order valence-electron chi connectivity index (χ3n) is 4.91. The predicted molar refractivity (Wildman–Crippen MR) is 95.4 cm³/mol. The van der Waals surface area contributed by atoms with E-state index in [1.807, 2.05) is 0 Å². The van der Waals surface area contributed by atoms with Gasteiger partial charge in [0.05, 0.1) is 0 Å². The highest BCUT2D eigenvalue weighted by atomic mass is 15.2. The fourth-order valence-corrected chi connectivity index (χ4v) is 3.82. The average Bonchev–Trinajstić information content (AvgIpc) is 2.86. The molecular formula is C21H27N. The van der Waals surface area contributed by atoms with Gasteiger partial charge in [0.1, 0.15) is 0 Å². The molecule has 3 rings (SSSR count). The van der Waals surface area contributed by atoms with Crippen LogP contribution in [-0.2, 0) is 12.8 Å². The van der Waals surface area contributed by atoms with Crippen LogP contribution in [0.2, 0.25) is 0 Å². The van der Waals surface area contributed by atoms with Crippen molar-refractivity contribution < 1.29 is 0 Å². The van der Waals surface area contributed by atoms with Gasteiger partial charge in [0, 0.05) is 18.6 Å². The van der Waals surface area contributed by atoms with Crippen molar-refractivity contribution in [3.8, 4) is 11.1 Å². The first kappa shape index (κ1) is 15.3. The van der Waals surface area contributed by atoms with E-state index >= 15 is 0 Å². The zero-order valence-electron chi connectivity index (χ0n) is 14.3. The van der Waals surface area contributed by atoms with Crippen molar-refractivity contribution in [2.75, 3.05) is 6.54 Å². The minimum absolute atomic E-state index is 0.606. The van der Waals surface area contributed by atoms with E-state index in [0.717, 1.165) is 19.4 Å². The van der Waals surface area contributed by atoms with Crippen LogP contribution >= 0.6 is 0 Å². The van der Waals surface area contributed by atoms with Crippen molar-refractivity contribution in [1.82, 2.24) is 4.90 Å². The Morgan fingerprint density at radius 3 is 2.27 bits per heavy atom. The average molecular weight is 293 g/mol. The van der Waals surface area contributed by atoms with E-state index in [9.17, 15) is 0 Å². The van der Waals surface area contributed by atoms with Gasteiger partial charge in [-0.1, -0.05) is 42.5 Å². The SMILES string of the molecule is CC(C)N(CCc1cccc2c1Cc1ccccc1-2)C(C)C. The first-order valence-electron chi connectivity index (χ1n) is 8.52. The van der Waals surface area contributed by atoms with Crippen molar-refractivity contribution in [3.63, 3.8) is 0 Å².